The minimum absolute atomic E-state index is 0. The predicted octanol–water partition coefficient (Wildman–Crippen LogP) is -1.17. The fraction of sp³-hybridized carbons (Fsp3) is 0. The van der Waals surface area contributed by atoms with Crippen LogP contribution < -0.4 is 0 Å². The van der Waals surface area contributed by atoms with Gasteiger partial charge in [0.1, 0.15) is 0 Å². The topological polar surface area (TPSA) is 106 Å². The first-order chi connectivity index (χ1) is 3.00. The van der Waals surface area contributed by atoms with Crippen LogP contribution in [-0.2, 0) is 10.4 Å². The zero-order valence-corrected chi connectivity index (χ0v) is 6.30. The molecule has 0 bridgehead atoms. The third kappa shape index (κ3) is 499. The highest BCUT2D eigenvalue weighted by molar-refractivity contribution is 7.79. The number of hydrogen-bond acceptors (Lipinski definition) is 2. The van der Waals surface area contributed by atoms with Crippen LogP contribution in [0.5, 0.6) is 0 Å². The summed E-state index contributed by atoms with van der Waals surface area (Å²) in [5.41, 5.74) is 0. The molecule has 0 unspecified atom stereocenters. The maximum Gasteiger partial charge on any atom is 0.394 e. The van der Waals surface area contributed by atoms with Crippen LogP contribution in [0.15, 0.2) is 0 Å². The van der Waals surface area contributed by atoms with Crippen LogP contribution in [0.4, 0.5) is 0 Å². The van der Waals surface area contributed by atoms with E-state index in [4.69, 9.17) is 17.5 Å². The van der Waals surface area contributed by atoms with Crippen LogP contribution in [0, 0.1) is 0 Å². The molecule has 0 spiro atoms. The Hall–Kier alpha value is 0.652. The van der Waals surface area contributed by atoms with E-state index in [-0.39, 0.29) is 5.48 Å². The van der Waals surface area contributed by atoms with Gasteiger partial charge in [-0.3, -0.25) is 19.2 Å². The van der Waals surface area contributed by atoms with Crippen molar-refractivity contribution in [1.29, 1.82) is 0 Å². The Morgan fingerprint density at radius 2 is 1.25 bits per heavy atom. The molecule has 0 atom stereocenters. The second kappa shape index (κ2) is 7.65. The highest BCUT2D eigenvalue weighted by Gasteiger charge is 1.84. The van der Waals surface area contributed by atoms with E-state index in [0.717, 1.165) is 0 Å². The molecule has 0 fully saturated rings. The molecule has 5 nitrogen and oxygen atoms in total. The molecule has 8 heteroatoms. The summed E-state index contributed by atoms with van der Waals surface area (Å²) in [7, 11) is -0.111. The molecular weight excluding hydrogens is 174 g/mol. The van der Waals surface area contributed by atoms with E-state index >= 15 is 0 Å². The fourth-order valence-corrected chi connectivity index (χ4v) is 0. The van der Waals surface area contributed by atoms with Crippen LogP contribution in [0.3, 0.4) is 0 Å². The van der Waals surface area contributed by atoms with Gasteiger partial charge < -0.3 is 5.48 Å². The molecule has 0 amide bonds. The summed E-state index contributed by atoms with van der Waals surface area (Å²) in [6.45, 7) is 0. The van der Waals surface area contributed by atoms with E-state index < -0.39 is 10.4 Å². The summed E-state index contributed by atoms with van der Waals surface area (Å²) in [5.74, 6) is 0. The second-order valence-electron chi connectivity index (χ2n) is 0.448. The van der Waals surface area contributed by atoms with Crippen LogP contribution in [-0.4, -0.2) is 38.4 Å². The minimum Gasteiger partial charge on any atom is -0.412 e. The van der Waals surface area contributed by atoms with Crippen molar-refractivity contribution in [2.24, 2.45) is 0 Å². The van der Waals surface area contributed by atoms with Gasteiger partial charge in [0.15, 0.2) is 0 Å². The molecule has 0 heterocycles. The first-order valence-electron chi connectivity index (χ1n) is 0.917. The molecule has 8 heavy (non-hydrogen) atoms. The van der Waals surface area contributed by atoms with Gasteiger partial charge in [0, 0.05) is 0 Å². The molecule has 4 N–H and O–H groups in total. The standard InChI is InChI=1S/Al.ClH.H2O4S.H2O/c;;1-5(2,3)4;/h;1H;(H2,1,2,3,4);1H2/q+1;;;/p-1. The number of rotatable bonds is 0. The quantitative estimate of drug-likeness (QED) is 0.360. The lowest BCUT2D eigenvalue weighted by molar-refractivity contribution is 0.381. The molecular formula is H4AlClO5S. The Kier molecular flexibility index (Phi) is 15.2. The van der Waals surface area contributed by atoms with Crippen molar-refractivity contribution in [3.05, 3.63) is 0 Å². The molecule has 0 aromatic rings. The van der Waals surface area contributed by atoms with Crippen molar-refractivity contribution < 1.29 is 23.0 Å². The maximum absolute atomic E-state index is 8.74. The van der Waals surface area contributed by atoms with E-state index in [2.05, 4.69) is 10.0 Å². The summed E-state index contributed by atoms with van der Waals surface area (Å²) in [6.07, 6.45) is 0. The normalized spacial score (nSPS) is 7.88. The molecule has 0 aromatic heterocycles. The lowest BCUT2D eigenvalue weighted by Gasteiger charge is -1.68. The lowest BCUT2D eigenvalue weighted by atomic mass is 15.8. The molecule has 2 radical (unpaired) electrons. The summed E-state index contributed by atoms with van der Waals surface area (Å²) < 4.78 is 31.6. The molecule has 0 aliphatic heterocycles. The fourth-order valence-electron chi connectivity index (χ4n) is 0. The number of hydrogen-bond donors (Lipinski definition) is 2. The van der Waals surface area contributed by atoms with Gasteiger partial charge in [-0.15, -0.1) is 0 Å². The molecule has 0 rings (SSSR count). The summed E-state index contributed by atoms with van der Waals surface area (Å²) in [5, 5.41) is 0. The van der Waals surface area contributed by atoms with E-state index in [1.165, 1.54) is 0 Å². The lowest BCUT2D eigenvalue weighted by Crippen LogP contribution is -1.89. The Morgan fingerprint density at radius 1 is 1.25 bits per heavy atom. The Balaban J connectivity index is -0.0000000750. The Morgan fingerprint density at radius 3 is 1.25 bits per heavy atom. The summed E-state index contributed by atoms with van der Waals surface area (Å²) >= 11 is 1.89. The summed E-state index contributed by atoms with van der Waals surface area (Å²) in [4.78, 5) is 0. The average Bonchev–Trinajstić information content (AvgIpc) is 1.36. The molecule has 50 valence electrons. The molecule has 0 aliphatic carbocycles. The largest absolute Gasteiger partial charge is 0.412 e. The average molecular weight is 179 g/mol. The van der Waals surface area contributed by atoms with Crippen molar-refractivity contribution in [1.82, 2.24) is 0 Å². The van der Waals surface area contributed by atoms with Crippen LogP contribution in [0.1, 0.15) is 0 Å². The number of halogens is 1. The molecule has 0 saturated carbocycles. The predicted molar refractivity (Wildman–Crippen MR) is 29.4 cm³/mol. The van der Waals surface area contributed by atoms with Crippen LogP contribution in [0.25, 0.3) is 0 Å². The van der Waals surface area contributed by atoms with E-state index in [1.807, 2.05) is 15.4 Å². The van der Waals surface area contributed by atoms with Gasteiger partial charge in [-0.25, -0.2) is 0 Å². The van der Waals surface area contributed by atoms with Gasteiger partial charge in [-0.2, -0.15) is 8.42 Å². The Labute approximate surface area is 59.2 Å². The van der Waals surface area contributed by atoms with Crippen molar-refractivity contribution in [3.8, 4) is 0 Å². The second-order valence-corrected chi connectivity index (χ2v) is 1.34. The zero-order chi connectivity index (χ0) is 6.50. The van der Waals surface area contributed by atoms with Gasteiger partial charge in [-0.05, 0) is 0 Å². The third-order valence-corrected chi connectivity index (χ3v) is 0. The molecule has 0 aromatic carbocycles. The SMILES string of the molecule is O.O=S(=O)(O)O.[Al][Cl]. The molecule has 0 saturated heterocycles. The minimum atomic E-state index is -4.67. The van der Waals surface area contributed by atoms with Gasteiger partial charge in [-0.1, -0.05) is 0 Å². The Bertz CT molecular complexity index is 95.6. The van der Waals surface area contributed by atoms with Crippen molar-refractivity contribution >= 4 is 35.8 Å². The first-order valence-corrected chi connectivity index (χ1v) is 4.06. The van der Waals surface area contributed by atoms with E-state index in [9.17, 15) is 0 Å². The van der Waals surface area contributed by atoms with E-state index in [0.29, 0.717) is 0 Å². The monoisotopic (exact) mass is 178 g/mol. The smallest absolute Gasteiger partial charge is 0.394 e. The zero-order valence-electron chi connectivity index (χ0n) is 3.57. The van der Waals surface area contributed by atoms with E-state index in [1.54, 1.807) is 0 Å². The van der Waals surface area contributed by atoms with Gasteiger partial charge in [0.2, 0.25) is 0 Å². The highest BCUT2D eigenvalue weighted by atomic mass is 35.6. The molecule has 0 aliphatic rings. The third-order valence-electron chi connectivity index (χ3n) is 0. The van der Waals surface area contributed by atoms with Crippen LogP contribution in [0.2, 0.25) is 0 Å². The summed E-state index contributed by atoms with van der Waals surface area (Å²) in [6, 6.07) is 0. The van der Waals surface area contributed by atoms with Crippen molar-refractivity contribution in [3.63, 3.8) is 0 Å². The van der Waals surface area contributed by atoms with Gasteiger partial charge in [0.25, 0.3) is 15.4 Å². The van der Waals surface area contributed by atoms with Crippen LogP contribution >= 0.6 is 10.0 Å². The maximum atomic E-state index is 8.74. The van der Waals surface area contributed by atoms with Gasteiger partial charge in [0.05, 0.1) is 0 Å². The highest BCUT2D eigenvalue weighted by Crippen LogP contribution is 1.59. The van der Waals surface area contributed by atoms with Crippen molar-refractivity contribution in [2.45, 2.75) is 0 Å². The van der Waals surface area contributed by atoms with Gasteiger partial charge >= 0.3 is 10.4 Å². The van der Waals surface area contributed by atoms with Crippen molar-refractivity contribution in [2.75, 3.05) is 0 Å². The first kappa shape index (κ1) is 15.9.